The molecule has 2 aliphatic rings. The second-order valence-corrected chi connectivity index (χ2v) is 7.57. The molecular formula is C20H20F3N5O4. The summed E-state index contributed by atoms with van der Waals surface area (Å²) in [5.41, 5.74) is -0.295. The van der Waals surface area contributed by atoms with Crippen LogP contribution in [0.3, 0.4) is 0 Å². The molecule has 12 heteroatoms. The van der Waals surface area contributed by atoms with E-state index < -0.39 is 35.4 Å². The number of nitrogens with zero attached hydrogens (tertiary/aromatic N) is 2. The Morgan fingerprint density at radius 3 is 2.47 bits per heavy atom. The molecule has 9 nitrogen and oxygen atoms in total. The molecule has 0 radical (unpaired) electrons. The molecule has 4 rings (SSSR count). The molecule has 0 saturated carbocycles. The van der Waals surface area contributed by atoms with Gasteiger partial charge in [0, 0.05) is 25.2 Å². The predicted molar refractivity (Wildman–Crippen MR) is 109 cm³/mol. The van der Waals surface area contributed by atoms with Gasteiger partial charge < -0.3 is 20.3 Å². The fraction of sp³-hybridized carbons (Fsp3) is 0.400. The summed E-state index contributed by atoms with van der Waals surface area (Å²) >= 11 is 0. The minimum absolute atomic E-state index is 0.0413. The van der Waals surface area contributed by atoms with Crippen LogP contribution in [0.15, 0.2) is 29.1 Å². The van der Waals surface area contributed by atoms with Crippen LogP contribution in [-0.4, -0.2) is 41.2 Å². The standard InChI is InChI=1S/C20H20F3N5O4/c21-20(22,23)32-12-6-4-11(5-7-12)24-17(30)13-10-14(29)25-16-15(13)18(31)27-19(26-16)28-8-2-1-3-9-28/h4-7,13H,1-3,8-10H2,(H,24,30)(H2,25,26,27,29,31)/t13-/m1/s1. The lowest BCUT2D eigenvalue weighted by molar-refractivity contribution is -0.274. The van der Waals surface area contributed by atoms with E-state index in [1.54, 1.807) is 0 Å². The molecule has 32 heavy (non-hydrogen) atoms. The summed E-state index contributed by atoms with van der Waals surface area (Å²) in [7, 11) is 0. The molecule has 3 N–H and O–H groups in total. The Hall–Kier alpha value is -3.57. The Kier molecular flexibility index (Phi) is 5.76. The molecule has 1 saturated heterocycles. The van der Waals surface area contributed by atoms with Gasteiger partial charge in [-0.05, 0) is 43.5 Å². The lowest BCUT2D eigenvalue weighted by Gasteiger charge is -2.29. The van der Waals surface area contributed by atoms with Crippen LogP contribution in [0.25, 0.3) is 0 Å². The molecule has 0 spiro atoms. The van der Waals surface area contributed by atoms with Gasteiger partial charge in [-0.2, -0.15) is 4.98 Å². The molecular weight excluding hydrogens is 431 g/mol. The summed E-state index contributed by atoms with van der Waals surface area (Å²) in [5, 5.41) is 5.08. The quantitative estimate of drug-likeness (QED) is 0.658. The summed E-state index contributed by atoms with van der Waals surface area (Å²) in [6.45, 7) is 1.46. The number of anilines is 3. The topological polar surface area (TPSA) is 116 Å². The number of fused-ring (bicyclic) bond motifs is 1. The predicted octanol–water partition coefficient (Wildman–Crippen LogP) is 2.72. The Balaban J connectivity index is 1.55. The number of halogens is 3. The van der Waals surface area contributed by atoms with Gasteiger partial charge in [-0.15, -0.1) is 13.2 Å². The number of H-pyrrole nitrogens is 1. The van der Waals surface area contributed by atoms with Crippen LogP contribution in [0.4, 0.5) is 30.6 Å². The van der Waals surface area contributed by atoms with Crippen LogP contribution in [0.2, 0.25) is 0 Å². The van der Waals surface area contributed by atoms with Crippen molar-refractivity contribution in [1.29, 1.82) is 0 Å². The van der Waals surface area contributed by atoms with Crippen LogP contribution in [0.5, 0.6) is 5.75 Å². The van der Waals surface area contributed by atoms with Crippen molar-refractivity contribution < 1.29 is 27.5 Å². The first-order chi connectivity index (χ1) is 15.2. The highest BCUT2D eigenvalue weighted by atomic mass is 19.4. The van der Waals surface area contributed by atoms with E-state index in [-0.39, 0.29) is 23.5 Å². The van der Waals surface area contributed by atoms with Crippen LogP contribution >= 0.6 is 0 Å². The third kappa shape index (κ3) is 4.84. The van der Waals surface area contributed by atoms with Gasteiger partial charge in [0.15, 0.2) is 0 Å². The van der Waals surface area contributed by atoms with Gasteiger partial charge in [0.25, 0.3) is 5.56 Å². The Morgan fingerprint density at radius 1 is 1.12 bits per heavy atom. The van der Waals surface area contributed by atoms with Crippen molar-refractivity contribution in [2.24, 2.45) is 0 Å². The highest BCUT2D eigenvalue weighted by molar-refractivity contribution is 6.04. The lowest BCUT2D eigenvalue weighted by atomic mass is 9.92. The van der Waals surface area contributed by atoms with Crippen molar-refractivity contribution in [3.05, 3.63) is 40.2 Å². The normalized spacial score (nSPS) is 18.5. The van der Waals surface area contributed by atoms with E-state index >= 15 is 0 Å². The number of aromatic amines is 1. The third-order valence-electron chi connectivity index (χ3n) is 5.27. The lowest BCUT2D eigenvalue weighted by Crippen LogP contribution is -2.38. The van der Waals surface area contributed by atoms with Crippen LogP contribution in [0.1, 0.15) is 37.2 Å². The maximum Gasteiger partial charge on any atom is 0.573 e. The van der Waals surface area contributed by atoms with Crippen LogP contribution < -0.4 is 25.8 Å². The largest absolute Gasteiger partial charge is 0.573 e. The number of rotatable bonds is 4. The molecule has 170 valence electrons. The summed E-state index contributed by atoms with van der Waals surface area (Å²) in [4.78, 5) is 46.8. The highest BCUT2D eigenvalue weighted by Gasteiger charge is 2.35. The number of piperidine rings is 1. The van der Waals surface area contributed by atoms with E-state index in [9.17, 15) is 27.6 Å². The molecule has 2 amide bonds. The number of hydrogen-bond acceptors (Lipinski definition) is 6. The van der Waals surface area contributed by atoms with Gasteiger partial charge in [-0.25, -0.2) is 0 Å². The molecule has 0 unspecified atom stereocenters. The van der Waals surface area contributed by atoms with Gasteiger partial charge in [0.2, 0.25) is 17.8 Å². The first-order valence-corrected chi connectivity index (χ1v) is 10.1. The van der Waals surface area contributed by atoms with E-state index in [4.69, 9.17) is 0 Å². The number of amides is 2. The molecule has 3 heterocycles. The molecule has 2 aliphatic heterocycles. The van der Waals surface area contributed by atoms with Crippen molar-refractivity contribution in [3.63, 3.8) is 0 Å². The van der Waals surface area contributed by atoms with Gasteiger partial charge >= 0.3 is 6.36 Å². The summed E-state index contributed by atoms with van der Waals surface area (Å²) in [6, 6.07) is 4.54. The summed E-state index contributed by atoms with van der Waals surface area (Å²) in [6.07, 6.45) is -2.07. The van der Waals surface area contributed by atoms with E-state index in [0.29, 0.717) is 5.95 Å². The number of nitrogens with one attached hydrogen (secondary N) is 3. The average molecular weight is 451 g/mol. The average Bonchev–Trinajstić information content (AvgIpc) is 2.73. The summed E-state index contributed by atoms with van der Waals surface area (Å²) in [5.74, 6) is -2.27. The molecule has 1 atom stereocenters. The van der Waals surface area contributed by atoms with Crippen LogP contribution in [-0.2, 0) is 9.59 Å². The zero-order chi connectivity index (χ0) is 22.9. The van der Waals surface area contributed by atoms with Crippen molar-refractivity contribution in [2.45, 2.75) is 38.0 Å². The SMILES string of the molecule is O=C1C[C@@H](C(=O)Nc2ccc(OC(F)(F)F)cc2)c2c(nc(N3CCCCC3)[nH]c2=O)N1. The molecule has 1 aromatic carbocycles. The Morgan fingerprint density at radius 2 is 1.81 bits per heavy atom. The van der Waals surface area contributed by atoms with E-state index in [2.05, 4.69) is 25.3 Å². The first-order valence-electron chi connectivity index (χ1n) is 10.1. The second-order valence-electron chi connectivity index (χ2n) is 7.57. The number of benzene rings is 1. The molecule has 1 fully saturated rings. The number of ether oxygens (including phenoxy) is 1. The first kappa shape index (κ1) is 21.7. The maximum atomic E-state index is 12.8. The van der Waals surface area contributed by atoms with Gasteiger partial charge in [0.1, 0.15) is 11.6 Å². The van der Waals surface area contributed by atoms with Gasteiger partial charge in [-0.1, -0.05) is 0 Å². The third-order valence-corrected chi connectivity index (χ3v) is 5.27. The molecule has 0 aliphatic carbocycles. The Bertz CT molecular complexity index is 1080. The minimum Gasteiger partial charge on any atom is -0.406 e. The monoisotopic (exact) mass is 451 g/mol. The highest BCUT2D eigenvalue weighted by Crippen LogP contribution is 2.31. The molecule has 2 aromatic rings. The smallest absolute Gasteiger partial charge is 0.406 e. The number of hydrogen-bond donors (Lipinski definition) is 3. The van der Waals surface area contributed by atoms with Gasteiger partial charge in [-0.3, -0.25) is 19.4 Å². The second kappa shape index (κ2) is 8.52. The van der Waals surface area contributed by atoms with Gasteiger partial charge in [0.05, 0.1) is 11.5 Å². The Labute approximate surface area is 180 Å². The van der Waals surface area contributed by atoms with Crippen molar-refractivity contribution in [2.75, 3.05) is 28.6 Å². The van der Waals surface area contributed by atoms with E-state index in [1.807, 2.05) is 4.90 Å². The van der Waals surface area contributed by atoms with E-state index in [0.717, 1.165) is 44.5 Å². The number of alkyl halides is 3. The van der Waals surface area contributed by atoms with Crippen molar-refractivity contribution in [1.82, 2.24) is 9.97 Å². The van der Waals surface area contributed by atoms with E-state index in [1.165, 1.54) is 12.1 Å². The van der Waals surface area contributed by atoms with Crippen molar-refractivity contribution in [3.8, 4) is 5.75 Å². The maximum absolute atomic E-state index is 12.8. The van der Waals surface area contributed by atoms with Crippen molar-refractivity contribution >= 4 is 29.3 Å². The number of aromatic nitrogens is 2. The number of carbonyl (C=O) groups is 2. The molecule has 0 bridgehead atoms. The molecule has 1 aromatic heterocycles. The fourth-order valence-corrected chi connectivity index (χ4v) is 3.81. The fourth-order valence-electron chi connectivity index (χ4n) is 3.81. The summed E-state index contributed by atoms with van der Waals surface area (Å²) < 4.78 is 40.7. The van der Waals surface area contributed by atoms with Crippen LogP contribution in [0, 0.1) is 0 Å². The number of carbonyl (C=O) groups excluding carboxylic acids is 2. The minimum atomic E-state index is -4.83. The zero-order valence-electron chi connectivity index (χ0n) is 16.8. The zero-order valence-corrected chi connectivity index (χ0v) is 16.8.